The van der Waals surface area contributed by atoms with Gasteiger partial charge in [0.2, 0.25) is 0 Å². The number of aromatic amines is 1. The summed E-state index contributed by atoms with van der Waals surface area (Å²) in [4.78, 5) is 32.4. The molecule has 140 valence electrons. The number of carbonyl (C=O) groups is 2. The van der Waals surface area contributed by atoms with Crippen LogP contribution in [0.25, 0.3) is 0 Å². The molecule has 2 rings (SSSR count). The molecule has 1 aromatic rings. The average molecular weight is 351 g/mol. The fourth-order valence-corrected chi connectivity index (χ4v) is 3.16. The summed E-state index contributed by atoms with van der Waals surface area (Å²) in [5.41, 5.74) is 2.23. The third kappa shape index (κ3) is 4.41. The highest BCUT2D eigenvalue weighted by Crippen LogP contribution is 2.21. The number of ether oxygens (including phenoxy) is 2. The molecule has 25 heavy (non-hydrogen) atoms. The average Bonchev–Trinajstić information content (AvgIpc) is 2.89. The molecular weight excluding hydrogens is 322 g/mol. The van der Waals surface area contributed by atoms with Crippen molar-refractivity contribution in [1.29, 1.82) is 0 Å². The second-order valence-corrected chi connectivity index (χ2v) is 6.68. The van der Waals surface area contributed by atoms with E-state index >= 15 is 0 Å². The van der Waals surface area contributed by atoms with E-state index in [4.69, 9.17) is 9.47 Å². The fraction of sp³-hybridized carbons (Fsp3) is 0.667. The molecule has 1 aliphatic rings. The van der Waals surface area contributed by atoms with Gasteiger partial charge < -0.3 is 19.4 Å². The number of methoxy groups -OCH3 is 1. The van der Waals surface area contributed by atoms with Gasteiger partial charge in [0.25, 0.3) is 5.91 Å². The molecule has 0 aliphatic carbocycles. The van der Waals surface area contributed by atoms with Crippen LogP contribution in [-0.4, -0.2) is 79.2 Å². The number of hydrogen-bond donors (Lipinski definition) is 1. The third-order valence-corrected chi connectivity index (χ3v) is 4.71. The van der Waals surface area contributed by atoms with E-state index in [-0.39, 0.29) is 12.5 Å². The summed E-state index contributed by atoms with van der Waals surface area (Å²) in [6.45, 7) is 11.6. The molecule has 1 fully saturated rings. The topological polar surface area (TPSA) is 74.9 Å². The number of H-pyrrole nitrogens is 1. The Morgan fingerprint density at radius 2 is 1.76 bits per heavy atom. The van der Waals surface area contributed by atoms with Crippen molar-refractivity contribution in [3.05, 3.63) is 22.5 Å². The van der Waals surface area contributed by atoms with Crippen LogP contribution in [0.2, 0.25) is 0 Å². The lowest BCUT2D eigenvalue weighted by Crippen LogP contribution is -2.50. The van der Waals surface area contributed by atoms with Crippen molar-refractivity contribution in [3.63, 3.8) is 0 Å². The lowest BCUT2D eigenvalue weighted by Gasteiger charge is -2.36. The first-order valence-electron chi connectivity index (χ1n) is 8.75. The molecule has 1 N–H and O–H groups in total. The number of rotatable bonds is 6. The van der Waals surface area contributed by atoms with Gasteiger partial charge >= 0.3 is 5.97 Å². The summed E-state index contributed by atoms with van der Waals surface area (Å²) in [5, 5.41) is 0. The standard InChI is InChI=1S/C18H29N3O4/c1-12(2)20-6-8-21(9-7-20)17(22)16-13(3)15(14(4)19-16)18(23)25-11-10-24-5/h12,19H,6-11H2,1-5H3. The Morgan fingerprint density at radius 1 is 1.12 bits per heavy atom. The molecule has 0 unspecified atom stereocenters. The first-order chi connectivity index (χ1) is 11.9. The summed E-state index contributed by atoms with van der Waals surface area (Å²) in [6, 6.07) is 0.486. The predicted octanol–water partition coefficient (Wildman–Crippen LogP) is 1.60. The molecule has 1 saturated heterocycles. The molecule has 0 atom stereocenters. The molecule has 0 saturated carbocycles. The van der Waals surface area contributed by atoms with Crippen molar-refractivity contribution in [2.45, 2.75) is 33.7 Å². The van der Waals surface area contributed by atoms with Gasteiger partial charge in [-0.15, -0.1) is 0 Å². The third-order valence-electron chi connectivity index (χ3n) is 4.71. The molecule has 1 amide bonds. The van der Waals surface area contributed by atoms with Gasteiger partial charge in [-0.3, -0.25) is 9.69 Å². The molecule has 2 heterocycles. The predicted molar refractivity (Wildman–Crippen MR) is 95.0 cm³/mol. The lowest BCUT2D eigenvalue weighted by atomic mass is 10.1. The minimum atomic E-state index is -0.424. The van der Waals surface area contributed by atoms with Crippen LogP contribution in [0.1, 0.15) is 46.0 Å². The van der Waals surface area contributed by atoms with Gasteiger partial charge in [-0.25, -0.2) is 4.79 Å². The molecule has 0 spiro atoms. The molecule has 0 aromatic carbocycles. The highest BCUT2D eigenvalue weighted by molar-refractivity contribution is 6.00. The van der Waals surface area contributed by atoms with Gasteiger partial charge in [0, 0.05) is 45.0 Å². The van der Waals surface area contributed by atoms with Crippen molar-refractivity contribution < 1.29 is 19.1 Å². The van der Waals surface area contributed by atoms with Crippen molar-refractivity contribution in [3.8, 4) is 0 Å². The van der Waals surface area contributed by atoms with Gasteiger partial charge in [-0.1, -0.05) is 0 Å². The first-order valence-corrected chi connectivity index (χ1v) is 8.75. The van der Waals surface area contributed by atoms with Crippen LogP contribution in [0.15, 0.2) is 0 Å². The van der Waals surface area contributed by atoms with Crippen LogP contribution < -0.4 is 0 Å². The SMILES string of the molecule is COCCOC(=O)c1c(C)[nH]c(C(=O)N2CCN(C(C)C)CC2)c1C. The van der Waals surface area contributed by atoms with E-state index in [0.717, 1.165) is 13.1 Å². The molecule has 7 heteroatoms. The number of nitrogens with one attached hydrogen (secondary N) is 1. The van der Waals surface area contributed by atoms with Crippen molar-refractivity contribution >= 4 is 11.9 Å². The van der Waals surface area contributed by atoms with Crippen LogP contribution in [0.4, 0.5) is 0 Å². The first kappa shape index (κ1) is 19.5. The van der Waals surface area contributed by atoms with Gasteiger partial charge in [-0.05, 0) is 33.3 Å². The minimum absolute atomic E-state index is 0.0556. The summed E-state index contributed by atoms with van der Waals surface area (Å²) >= 11 is 0. The van der Waals surface area contributed by atoms with Crippen LogP contribution in [0.3, 0.4) is 0 Å². The number of aromatic nitrogens is 1. The van der Waals surface area contributed by atoms with Crippen molar-refractivity contribution in [2.24, 2.45) is 0 Å². The maximum absolute atomic E-state index is 12.8. The minimum Gasteiger partial charge on any atom is -0.460 e. The van der Waals surface area contributed by atoms with Crippen LogP contribution in [-0.2, 0) is 9.47 Å². The molecular formula is C18H29N3O4. The molecule has 1 aromatic heterocycles. The zero-order valence-electron chi connectivity index (χ0n) is 15.8. The summed E-state index contributed by atoms with van der Waals surface area (Å²) in [5.74, 6) is -0.480. The second kappa shape index (κ2) is 8.49. The summed E-state index contributed by atoms with van der Waals surface area (Å²) < 4.78 is 10.1. The number of amides is 1. The Hall–Kier alpha value is -1.86. The largest absolute Gasteiger partial charge is 0.460 e. The van der Waals surface area contributed by atoms with Crippen LogP contribution >= 0.6 is 0 Å². The summed E-state index contributed by atoms with van der Waals surface area (Å²) in [7, 11) is 1.55. The Morgan fingerprint density at radius 3 is 2.32 bits per heavy atom. The van der Waals surface area contributed by atoms with E-state index in [1.807, 2.05) is 4.90 Å². The van der Waals surface area contributed by atoms with Crippen molar-refractivity contribution in [2.75, 3.05) is 46.5 Å². The van der Waals surface area contributed by atoms with Crippen molar-refractivity contribution in [1.82, 2.24) is 14.8 Å². The van der Waals surface area contributed by atoms with E-state index in [9.17, 15) is 9.59 Å². The normalized spacial score (nSPS) is 15.7. The van der Waals surface area contributed by atoms with Gasteiger partial charge in [0.1, 0.15) is 12.3 Å². The number of nitrogens with zero attached hydrogens (tertiary/aromatic N) is 2. The number of carbonyl (C=O) groups excluding carboxylic acids is 2. The molecule has 1 aliphatic heterocycles. The molecule has 7 nitrogen and oxygen atoms in total. The van der Waals surface area contributed by atoms with Gasteiger partial charge in [-0.2, -0.15) is 0 Å². The Bertz CT molecular complexity index is 616. The number of piperazine rings is 1. The smallest absolute Gasteiger partial charge is 0.340 e. The van der Waals surface area contributed by atoms with E-state index in [2.05, 4.69) is 23.7 Å². The molecule has 0 radical (unpaired) electrons. The maximum Gasteiger partial charge on any atom is 0.340 e. The second-order valence-electron chi connectivity index (χ2n) is 6.68. The number of esters is 1. The Labute approximate surface area is 149 Å². The zero-order valence-corrected chi connectivity index (χ0v) is 15.8. The van der Waals surface area contributed by atoms with E-state index in [0.29, 0.717) is 48.3 Å². The van der Waals surface area contributed by atoms with E-state index in [1.165, 1.54) is 0 Å². The zero-order chi connectivity index (χ0) is 18.6. The monoisotopic (exact) mass is 351 g/mol. The van der Waals surface area contributed by atoms with E-state index in [1.54, 1.807) is 21.0 Å². The summed E-state index contributed by atoms with van der Waals surface area (Å²) in [6.07, 6.45) is 0. The van der Waals surface area contributed by atoms with Gasteiger partial charge in [0.05, 0.1) is 12.2 Å². The lowest BCUT2D eigenvalue weighted by molar-refractivity contribution is 0.0387. The molecule has 0 bridgehead atoms. The Kier molecular flexibility index (Phi) is 6.61. The fourth-order valence-electron chi connectivity index (χ4n) is 3.16. The number of aryl methyl sites for hydroxylation is 1. The maximum atomic E-state index is 12.8. The Balaban J connectivity index is 2.09. The van der Waals surface area contributed by atoms with Crippen LogP contribution in [0, 0.1) is 13.8 Å². The van der Waals surface area contributed by atoms with Crippen LogP contribution in [0.5, 0.6) is 0 Å². The van der Waals surface area contributed by atoms with E-state index < -0.39 is 5.97 Å². The highest BCUT2D eigenvalue weighted by atomic mass is 16.6. The highest BCUT2D eigenvalue weighted by Gasteiger charge is 2.28. The van der Waals surface area contributed by atoms with Gasteiger partial charge in [0.15, 0.2) is 0 Å². The quantitative estimate of drug-likeness (QED) is 0.622. The number of hydrogen-bond acceptors (Lipinski definition) is 5.